The zero-order valence-electron chi connectivity index (χ0n) is 10.0. The number of hydrogen-bond acceptors (Lipinski definition) is 2. The van der Waals surface area contributed by atoms with E-state index in [0.717, 1.165) is 5.57 Å². The van der Waals surface area contributed by atoms with E-state index in [9.17, 15) is 9.59 Å². The third-order valence-corrected chi connectivity index (χ3v) is 1.86. The summed E-state index contributed by atoms with van der Waals surface area (Å²) in [7, 11) is 0. The average Bonchev–Trinajstić information content (AvgIpc) is 2.12. The van der Waals surface area contributed by atoms with Crippen molar-refractivity contribution in [2.75, 3.05) is 6.54 Å². The van der Waals surface area contributed by atoms with Crippen molar-refractivity contribution in [3.8, 4) is 0 Å². The van der Waals surface area contributed by atoms with Gasteiger partial charge in [-0.25, -0.2) is 9.59 Å². The van der Waals surface area contributed by atoms with Crippen LogP contribution in [0.1, 0.15) is 27.2 Å². The normalized spacial score (nSPS) is 12.0. The van der Waals surface area contributed by atoms with Gasteiger partial charge in [0.05, 0.1) is 0 Å². The molecule has 0 aromatic rings. The summed E-state index contributed by atoms with van der Waals surface area (Å²) in [4.78, 5) is 22.2. The van der Waals surface area contributed by atoms with E-state index < -0.39 is 18.0 Å². The van der Waals surface area contributed by atoms with Gasteiger partial charge in [0.15, 0.2) is 0 Å². The molecule has 1 atom stereocenters. The number of rotatable bonds is 6. The molecule has 0 aliphatic rings. The lowest BCUT2D eigenvalue weighted by molar-refractivity contribution is -0.139. The molecule has 0 fully saturated rings. The summed E-state index contributed by atoms with van der Waals surface area (Å²) in [5.74, 6) is -0.804. The summed E-state index contributed by atoms with van der Waals surface area (Å²) < 4.78 is 0. The molecule has 0 heterocycles. The van der Waals surface area contributed by atoms with Crippen LogP contribution in [-0.4, -0.2) is 29.7 Å². The average molecular weight is 228 g/mol. The predicted molar refractivity (Wildman–Crippen MR) is 62.2 cm³/mol. The first-order valence-corrected chi connectivity index (χ1v) is 5.24. The SMILES string of the molecule is C=C(C)CNC(=O)N[C@@H](CC(C)C)C(=O)O. The van der Waals surface area contributed by atoms with Gasteiger partial charge in [0.1, 0.15) is 6.04 Å². The van der Waals surface area contributed by atoms with Crippen LogP contribution in [0.2, 0.25) is 0 Å². The Morgan fingerprint density at radius 3 is 2.31 bits per heavy atom. The minimum Gasteiger partial charge on any atom is -0.480 e. The second-order valence-electron chi connectivity index (χ2n) is 4.30. The second-order valence-corrected chi connectivity index (χ2v) is 4.30. The van der Waals surface area contributed by atoms with Crippen molar-refractivity contribution in [3.63, 3.8) is 0 Å². The van der Waals surface area contributed by atoms with Gasteiger partial charge in [0, 0.05) is 6.54 Å². The topological polar surface area (TPSA) is 78.4 Å². The molecule has 0 unspecified atom stereocenters. The molecule has 0 bridgehead atoms. The minimum absolute atomic E-state index is 0.211. The highest BCUT2D eigenvalue weighted by Crippen LogP contribution is 2.04. The fourth-order valence-corrected chi connectivity index (χ4v) is 1.13. The Morgan fingerprint density at radius 1 is 1.38 bits per heavy atom. The van der Waals surface area contributed by atoms with Gasteiger partial charge in [-0.05, 0) is 19.3 Å². The maximum atomic E-state index is 11.3. The Hall–Kier alpha value is -1.52. The van der Waals surface area contributed by atoms with Gasteiger partial charge in [0.2, 0.25) is 0 Å². The van der Waals surface area contributed by atoms with Gasteiger partial charge >= 0.3 is 12.0 Å². The van der Waals surface area contributed by atoms with Gasteiger partial charge in [0.25, 0.3) is 0 Å². The number of hydrogen-bond donors (Lipinski definition) is 3. The lowest BCUT2D eigenvalue weighted by Crippen LogP contribution is -2.46. The molecule has 0 aliphatic carbocycles. The number of aliphatic carboxylic acids is 1. The van der Waals surface area contributed by atoms with Crippen molar-refractivity contribution in [1.29, 1.82) is 0 Å². The number of urea groups is 1. The van der Waals surface area contributed by atoms with Crippen molar-refractivity contribution in [2.45, 2.75) is 33.2 Å². The van der Waals surface area contributed by atoms with E-state index >= 15 is 0 Å². The van der Waals surface area contributed by atoms with E-state index in [0.29, 0.717) is 13.0 Å². The van der Waals surface area contributed by atoms with Gasteiger partial charge in [-0.2, -0.15) is 0 Å². The molecule has 0 spiro atoms. The van der Waals surface area contributed by atoms with Crippen LogP contribution in [0.5, 0.6) is 0 Å². The molecule has 3 N–H and O–H groups in total. The Labute approximate surface area is 95.9 Å². The predicted octanol–water partition coefficient (Wildman–Crippen LogP) is 1.36. The maximum Gasteiger partial charge on any atom is 0.326 e. The number of carbonyl (C=O) groups excluding carboxylic acids is 1. The van der Waals surface area contributed by atoms with Crippen molar-refractivity contribution in [2.24, 2.45) is 5.92 Å². The zero-order chi connectivity index (χ0) is 12.7. The van der Waals surface area contributed by atoms with Crippen LogP contribution in [0.15, 0.2) is 12.2 Å². The maximum absolute atomic E-state index is 11.3. The Balaban J connectivity index is 4.13. The molecule has 5 heteroatoms. The molecule has 16 heavy (non-hydrogen) atoms. The van der Waals surface area contributed by atoms with E-state index in [1.165, 1.54) is 0 Å². The summed E-state index contributed by atoms with van der Waals surface area (Å²) in [5, 5.41) is 13.8. The summed E-state index contributed by atoms with van der Waals surface area (Å²) in [6.45, 7) is 9.57. The van der Waals surface area contributed by atoms with Gasteiger partial charge in [-0.15, -0.1) is 0 Å². The number of amides is 2. The summed E-state index contributed by atoms with van der Waals surface area (Å²) in [5.41, 5.74) is 0.811. The van der Waals surface area contributed by atoms with E-state index in [1.807, 2.05) is 13.8 Å². The van der Waals surface area contributed by atoms with Crippen LogP contribution >= 0.6 is 0 Å². The second kappa shape index (κ2) is 6.87. The fraction of sp³-hybridized carbons (Fsp3) is 0.636. The monoisotopic (exact) mass is 228 g/mol. The third kappa shape index (κ3) is 6.86. The van der Waals surface area contributed by atoms with Crippen LogP contribution in [0.3, 0.4) is 0 Å². The first kappa shape index (κ1) is 14.5. The number of carbonyl (C=O) groups is 2. The van der Waals surface area contributed by atoms with E-state index in [1.54, 1.807) is 6.92 Å². The molecule has 0 saturated carbocycles. The standard InChI is InChI=1S/C11H20N2O3/c1-7(2)5-9(10(14)15)13-11(16)12-6-8(3)4/h7,9H,3,5-6H2,1-2,4H3,(H,14,15)(H2,12,13,16)/t9-/m0/s1. The van der Waals surface area contributed by atoms with Gasteiger partial charge in [-0.3, -0.25) is 0 Å². The molecule has 0 radical (unpaired) electrons. The van der Waals surface area contributed by atoms with E-state index in [4.69, 9.17) is 5.11 Å². The summed E-state index contributed by atoms with van der Waals surface area (Å²) >= 11 is 0. The van der Waals surface area contributed by atoms with Gasteiger partial charge in [-0.1, -0.05) is 26.0 Å². The molecular weight excluding hydrogens is 208 g/mol. The molecule has 0 rings (SSSR count). The highest BCUT2D eigenvalue weighted by Gasteiger charge is 2.20. The minimum atomic E-state index is -1.01. The van der Waals surface area contributed by atoms with Crippen LogP contribution in [0.25, 0.3) is 0 Å². The van der Waals surface area contributed by atoms with Crippen LogP contribution in [0, 0.1) is 5.92 Å². The molecule has 0 aromatic heterocycles. The molecule has 0 aliphatic heterocycles. The fourth-order valence-electron chi connectivity index (χ4n) is 1.13. The summed E-state index contributed by atoms with van der Waals surface area (Å²) in [6.07, 6.45) is 0.413. The van der Waals surface area contributed by atoms with E-state index in [2.05, 4.69) is 17.2 Å². The highest BCUT2D eigenvalue weighted by atomic mass is 16.4. The molecule has 2 amide bonds. The number of carboxylic acid groups (broad SMARTS) is 1. The Morgan fingerprint density at radius 2 is 1.94 bits per heavy atom. The van der Waals surface area contributed by atoms with Gasteiger partial charge < -0.3 is 15.7 Å². The van der Waals surface area contributed by atoms with Crippen molar-refractivity contribution in [3.05, 3.63) is 12.2 Å². The lowest BCUT2D eigenvalue weighted by atomic mass is 10.0. The first-order chi connectivity index (χ1) is 7.32. The van der Waals surface area contributed by atoms with Crippen LogP contribution in [0.4, 0.5) is 4.79 Å². The lowest BCUT2D eigenvalue weighted by Gasteiger charge is -2.16. The molecule has 0 saturated heterocycles. The van der Waals surface area contributed by atoms with E-state index in [-0.39, 0.29) is 5.92 Å². The molecule has 5 nitrogen and oxygen atoms in total. The molecular formula is C11H20N2O3. The Kier molecular flexibility index (Phi) is 6.22. The zero-order valence-corrected chi connectivity index (χ0v) is 10.0. The summed E-state index contributed by atoms with van der Waals surface area (Å²) in [6, 6.07) is -1.32. The van der Waals surface area contributed by atoms with Crippen molar-refractivity contribution >= 4 is 12.0 Å². The van der Waals surface area contributed by atoms with Crippen LogP contribution < -0.4 is 10.6 Å². The third-order valence-electron chi connectivity index (χ3n) is 1.86. The van der Waals surface area contributed by atoms with Crippen LogP contribution in [-0.2, 0) is 4.79 Å². The smallest absolute Gasteiger partial charge is 0.326 e. The Bertz CT molecular complexity index is 274. The number of carboxylic acids is 1. The highest BCUT2D eigenvalue weighted by molar-refractivity contribution is 5.82. The van der Waals surface area contributed by atoms with Crippen molar-refractivity contribution in [1.82, 2.24) is 10.6 Å². The van der Waals surface area contributed by atoms with Crippen molar-refractivity contribution < 1.29 is 14.7 Å². The largest absolute Gasteiger partial charge is 0.480 e. The first-order valence-electron chi connectivity index (χ1n) is 5.24. The molecule has 0 aromatic carbocycles. The number of nitrogens with one attached hydrogen (secondary N) is 2. The molecule has 92 valence electrons. The quantitative estimate of drug-likeness (QED) is 0.601.